The summed E-state index contributed by atoms with van der Waals surface area (Å²) in [6.07, 6.45) is -2.63. The van der Waals surface area contributed by atoms with Gasteiger partial charge in [-0.05, 0) is 32.5 Å². The summed E-state index contributed by atoms with van der Waals surface area (Å²) in [7, 11) is 1.80. The van der Waals surface area contributed by atoms with Crippen molar-refractivity contribution < 1.29 is 13.2 Å². The van der Waals surface area contributed by atoms with Crippen LogP contribution in [0.4, 0.5) is 19.0 Å². The van der Waals surface area contributed by atoms with E-state index in [2.05, 4.69) is 10.3 Å². The van der Waals surface area contributed by atoms with Gasteiger partial charge in [0.25, 0.3) is 0 Å². The van der Waals surface area contributed by atoms with E-state index in [0.29, 0.717) is 12.4 Å². The molecule has 0 spiro atoms. The van der Waals surface area contributed by atoms with Gasteiger partial charge in [0.05, 0.1) is 0 Å². The van der Waals surface area contributed by atoms with Crippen LogP contribution in [0, 0.1) is 0 Å². The number of aromatic nitrogens is 1. The van der Waals surface area contributed by atoms with E-state index in [0.717, 1.165) is 5.56 Å². The van der Waals surface area contributed by atoms with Crippen LogP contribution in [0.15, 0.2) is 18.3 Å². The van der Waals surface area contributed by atoms with E-state index in [1.165, 1.54) is 4.90 Å². The minimum absolute atomic E-state index is 0.255. The highest BCUT2D eigenvalue weighted by Crippen LogP contribution is 2.22. The second kappa shape index (κ2) is 6.04. The molecule has 1 aromatic rings. The molecule has 102 valence electrons. The van der Waals surface area contributed by atoms with Gasteiger partial charge in [0.2, 0.25) is 0 Å². The quantitative estimate of drug-likeness (QED) is 0.883. The molecule has 1 N–H and O–H groups in total. The molecule has 1 heterocycles. The van der Waals surface area contributed by atoms with E-state index in [4.69, 9.17) is 0 Å². The van der Waals surface area contributed by atoms with Gasteiger partial charge in [0, 0.05) is 18.8 Å². The maximum Gasteiger partial charge on any atom is 0.405 e. The predicted octanol–water partition coefficient (Wildman–Crippen LogP) is 2.58. The lowest BCUT2D eigenvalue weighted by atomic mass is 10.2. The zero-order valence-electron chi connectivity index (χ0n) is 10.8. The van der Waals surface area contributed by atoms with Crippen molar-refractivity contribution in [1.82, 2.24) is 10.3 Å². The van der Waals surface area contributed by atoms with Crippen molar-refractivity contribution in [3.63, 3.8) is 0 Å². The van der Waals surface area contributed by atoms with Crippen LogP contribution in [0.2, 0.25) is 0 Å². The van der Waals surface area contributed by atoms with E-state index in [1.807, 2.05) is 0 Å². The van der Waals surface area contributed by atoms with Crippen LogP contribution in [0.1, 0.15) is 19.4 Å². The normalized spacial score (nSPS) is 11.9. The third-order valence-corrected chi connectivity index (χ3v) is 2.46. The molecule has 0 aliphatic carbocycles. The van der Waals surface area contributed by atoms with E-state index in [1.54, 1.807) is 39.2 Å². The lowest BCUT2D eigenvalue weighted by molar-refractivity contribution is -0.120. The van der Waals surface area contributed by atoms with Crippen molar-refractivity contribution in [2.75, 3.05) is 18.5 Å². The molecule has 0 aliphatic rings. The van der Waals surface area contributed by atoms with Gasteiger partial charge in [-0.25, -0.2) is 4.98 Å². The summed E-state index contributed by atoms with van der Waals surface area (Å²) in [5, 5.41) is 2.96. The van der Waals surface area contributed by atoms with Gasteiger partial charge in [-0.1, -0.05) is 6.07 Å². The Bertz CT molecular complexity index is 360. The van der Waals surface area contributed by atoms with Gasteiger partial charge in [0.1, 0.15) is 12.4 Å². The summed E-state index contributed by atoms with van der Waals surface area (Å²) in [6.45, 7) is 3.10. The zero-order valence-corrected chi connectivity index (χ0v) is 10.8. The SMILES string of the molecule is CNCc1ccc(N(CC(F)(F)F)C(C)C)nc1. The highest BCUT2D eigenvalue weighted by molar-refractivity contribution is 5.40. The average Bonchev–Trinajstić information content (AvgIpc) is 2.26. The minimum Gasteiger partial charge on any atom is -0.345 e. The Morgan fingerprint density at radius 1 is 1.33 bits per heavy atom. The predicted molar refractivity (Wildman–Crippen MR) is 65.5 cm³/mol. The molecule has 0 atom stereocenters. The number of hydrogen-bond acceptors (Lipinski definition) is 3. The average molecular weight is 261 g/mol. The first kappa shape index (κ1) is 14.8. The molecule has 1 rings (SSSR count). The van der Waals surface area contributed by atoms with Crippen LogP contribution in [0.25, 0.3) is 0 Å². The summed E-state index contributed by atoms with van der Waals surface area (Å²) < 4.78 is 37.4. The van der Waals surface area contributed by atoms with Gasteiger partial charge >= 0.3 is 6.18 Å². The highest BCUT2D eigenvalue weighted by Gasteiger charge is 2.32. The van der Waals surface area contributed by atoms with E-state index in [9.17, 15) is 13.2 Å². The van der Waals surface area contributed by atoms with Crippen LogP contribution in [0.3, 0.4) is 0 Å². The number of pyridine rings is 1. The zero-order chi connectivity index (χ0) is 13.8. The molecule has 0 radical (unpaired) electrons. The fourth-order valence-corrected chi connectivity index (χ4v) is 1.62. The number of hydrogen-bond donors (Lipinski definition) is 1. The van der Waals surface area contributed by atoms with Crippen molar-refractivity contribution >= 4 is 5.82 Å². The lowest BCUT2D eigenvalue weighted by Crippen LogP contribution is -2.39. The Morgan fingerprint density at radius 2 is 2.00 bits per heavy atom. The van der Waals surface area contributed by atoms with Crippen molar-refractivity contribution in [3.05, 3.63) is 23.9 Å². The fourth-order valence-electron chi connectivity index (χ4n) is 1.62. The third-order valence-electron chi connectivity index (χ3n) is 2.46. The summed E-state index contributed by atoms with van der Waals surface area (Å²) >= 11 is 0. The molecule has 3 nitrogen and oxygen atoms in total. The molecular formula is C12H18F3N3. The molecule has 0 unspecified atom stereocenters. The second-order valence-corrected chi connectivity index (χ2v) is 4.39. The van der Waals surface area contributed by atoms with Gasteiger partial charge in [-0.15, -0.1) is 0 Å². The Hall–Kier alpha value is -1.30. The van der Waals surface area contributed by atoms with Gasteiger partial charge < -0.3 is 10.2 Å². The summed E-state index contributed by atoms with van der Waals surface area (Å²) in [5.41, 5.74) is 0.942. The highest BCUT2D eigenvalue weighted by atomic mass is 19.4. The van der Waals surface area contributed by atoms with E-state index in [-0.39, 0.29) is 6.04 Å². The first-order chi connectivity index (χ1) is 8.33. The number of rotatable bonds is 5. The largest absolute Gasteiger partial charge is 0.405 e. The molecule has 0 saturated carbocycles. The Balaban J connectivity index is 2.86. The molecule has 0 saturated heterocycles. The number of anilines is 1. The number of nitrogens with zero attached hydrogens (tertiary/aromatic N) is 2. The molecule has 0 aliphatic heterocycles. The maximum absolute atomic E-state index is 12.5. The first-order valence-electron chi connectivity index (χ1n) is 5.76. The molecule has 0 amide bonds. The topological polar surface area (TPSA) is 28.2 Å². The van der Waals surface area contributed by atoms with Gasteiger partial charge in [-0.2, -0.15) is 13.2 Å². The van der Waals surface area contributed by atoms with Gasteiger partial charge in [0.15, 0.2) is 0 Å². The van der Waals surface area contributed by atoms with Crippen molar-refractivity contribution in [3.8, 4) is 0 Å². The summed E-state index contributed by atoms with van der Waals surface area (Å²) in [4.78, 5) is 5.33. The molecule has 0 aromatic carbocycles. The first-order valence-corrected chi connectivity index (χ1v) is 5.76. The molecule has 18 heavy (non-hydrogen) atoms. The third kappa shape index (κ3) is 4.52. The molecular weight excluding hydrogens is 243 g/mol. The standard InChI is InChI=1S/C12H18F3N3/c1-9(2)18(8-12(13,14)15)11-5-4-10(6-16-3)7-17-11/h4-5,7,9,16H,6,8H2,1-3H3. The monoisotopic (exact) mass is 261 g/mol. The smallest absolute Gasteiger partial charge is 0.345 e. The fraction of sp³-hybridized carbons (Fsp3) is 0.583. The molecule has 1 aromatic heterocycles. The summed E-state index contributed by atoms with van der Waals surface area (Å²) in [5.74, 6) is 0.349. The molecule has 0 fully saturated rings. The van der Waals surface area contributed by atoms with Crippen molar-refractivity contribution in [1.29, 1.82) is 0 Å². The molecule has 6 heteroatoms. The summed E-state index contributed by atoms with van der Waals surface area (Å²) in [6, 6.07) is 3.15. The van der Waals surface area contributed by atoms with Crippen LogP contribution < -0.4 is 10.2 Å². The van der Waals surface area contributed by atoms with E-state index < -0.39 is 12.7 Å². The number of alkyl halides is 3. The Morgan fingerprint density at radius 3 is 2.39 bits per heavy atom. The lowest BCUT2D eigenvalue weighted by Gasteiger charge is -2.28. The second-order valence-electron chi connectivity index (χ2n) is 4.39. The number of halogens is 3. The van der Waals surface area contributed by atoms with Crippen LogP contribution >= 0.6 is 0 Å². The van der Waals surface area contributed by atoms with Gasteiger partial charge in [-0.3, -0.25) is 0 Å². The van der Waals surface area contributed by atoms with E-state index >= 15 is 0 Å². The maximum atomic E-state index is 12.5. The van der Waals surface area contributed by atoms with Crippen LogP contribution in [0.5, 0.6) is 0 Å². The Labute approximate surface area is 105 Å². The van der Waals surface area contributed by atoms with Crippen LogP contribution in [-0.2, 0) is 6.54 Å². The Kier molecular flexibility index (Phi) is 4.95. The molecule has 0 bridgehead atoms. The van der Waals surface area contributed by atoms with Crippen molar-refractivity contribution in [2.24, 2.45) is 0 Å². The number of nitrogens with one attached hydrogen (secondary N) is 1. The van der Waals surface area contributed by atoms with Crippen LogP contribution in [-0.4, -0.2) is 30.8 Å². The van der Waals surface area contributed by atoms with Crippen molar-refractivity contribution in [2.45, 2.75) is 32.6 Å². The minimum atomic E-state index is -4.23.